The summed E-state index contributed by atoms with van der Waals surface area (Å²) in [6, 6.07) is 4.27. The summed E-state index contributed by atoms with van der Waals surface area (Å²) in [6.07, 6.45) is 1.49. The number of carbonyl (C=O) groups excluding carboxylic acids is 3. The Morgan fingerprint density at radius 1 is 1.52 bits per heavy atom. The van der Waals surface area contributed by atoms with Crippen LogP contribution in [0.25, 0.3) is 0 Å². The average Bonchev–Trinajstić information content (AvgIpc) is 3.21. The first-order chi connectivity index (χ1) is 11.9. The van der Waals surface area contributed by atoms with Crippen molar-refractivity contribution in [2.75, 3.05) is 12.4 Å². The molecule has 0 bridgehead atoms. The fourth-order valence-corrected chi connectivity index (χ4v) is 3.87. The summed E-state index contributed by atoms with van der Waals surface area (Å²) in [4.78, 5) is 37.5. The normalized spacial score (nSPS) is 20.6. The molecular formula is C16H17N3O5S. The fraction of sp³-hybridized carbons (Fsp3) is 0.438. The number of nitrogens with zero attached hydrogens (tertiary/aromatic N) is 2. The molecule has 2 rings (SSSR count). The Labute approximate surface area is 148 Å². The van der Waals surface area contributed by atoms with Gasteiger partial charge in [-0.1, -0.05) is 0 Å². The minimum absolute atomic E-state index is 0.108. The Hall–Kier alpha value is -2.60. The van der Waals surface area contributed by atoms with Gasteiger partial charge in [0.05, 0.1) is 12.3 Å². The molecule has 2 heterocycles. The third-order valence-electron chi connectivity index (χ3n) is 3.66. The van der Waals surface area contributed by atoms with E-state index in [1.807, 2.05) is 0 Å². The predicted molar refractivity (Wildman–Crippen MR) is 88.7 cm³/mol. The van der Waals surface area contributed by atoms with Crippen molar-refractivity contribution in [3.05, 3.63) is 24.2 Å². The first-order valence-corrected chi connectivity index (χ1v) is 8.49. The molecule has 0 spiro atoms. The molecule has 0 aliphatic carbocycles. The molecule has 0 saturated carbocycles. The van der Waals surface area contributed by atoms with Crippen LogP contribution in [0.5, 0.6) is 0 Å². The molecule has 132 valence electrons. The zero-order valence-electron chi connectivity index (χ0n) is 13.7. The summed E-state index contributed by atoms with van der Waals surface area (Å²) >= 11 is 1.36. The maximum atomic E-state index is 12.3. The lowest BCUT2D eigenvalue weighted by molar-refractivity contribution is -0.156. The van der Waals surface area contributed by atoms with E-state index in [1.54, 1.807) is 18.2 Å². The third-order valence-corrected chi connectivity index (χ3v) is 4.95. The number of nitrogens with one attached hydrogen (secondary N) is 1. The number of Topliss-reactive ketones (excluding diaryl/α,β-unsaturated/α-hetero) is 1. The summed E-state index contributed by atoms with van der Waals surface area (Å²) in [5.74, 6) is -2.06. The van der Waals surface area contributed by atoms with Crippen molar-refractivity contribution in [3.8, 4) is 6.07 Å². The second-order valence-electron chi connectivity index (χ2n) is 5.46. The van der Waals surface area contributed by atoms with Crippen LogP contribution in [0.4, 0.5) is 0 Å². The van der Waals surface area contributed by atoms with Gasteiger partial charge in [-0.3, -0.25) is 9.59 Å². The van der Waals surface area contributed by atoms with Crippen LogP contribution in [0.1, 0.15) is 25.0 Å². The van der Waals surface area contributed by atoms with Gasteiger partial charge in [-0.15, -0.1) is 11.8 Å². The molecule has 0 radical (unpaired) electrons. The molecule has 1 unspecified atom stereocenters. The van der Waals surface area contributed by atoms with Crippen LogP contribution in [0, 0.1) is 22.7 Å². The highest BCUT2D eigenvalue weighted by molar-refractivity contribution is 7.99. The highest BCUT2D eigenvalue weighted by Crippen LogP contribution is 2.41. The predicted octanol–water partition coefficient (Wildman–Crippen LogP) is 1.53. The molecule has 1 saturated heterocycles. The quantitative estimate of drug-likeness (QED) is 0.600. The SMILES string of the molecule is CC(=N)C(C#N)C(=O)COC(=O)[C@@H]1CS[C@H](c2ccco2)N1C(C)=O. The summed E-state index contributed by atoms with van der Waals surface area (Å²) < 4.78 is 10.3. The smallest absolute Gasteiger partial charge is 0.330 e. The van der Waals surface area contributed by atoms with E-state index in [0.29, 0.717) is 11.5 Å². The molecule has 1 aliphatic heterocycles. The maximum Gasteiger partial charge on any atom is 0.330 e. The largest absolute Gasteiger partial charge is 0.466 e. The van der Waals surface area contributed by atoms with Gasteiger partial charge in [0.2, 0.25) is 5.91 Å². The number of furan rings is 1. The number of thioether (sulfide) groups is 1. The number of hydrogen-bond donors (Lipinski definition) is 1. The molecule has 1 aliphatic rings. The van der Waals surface area contributed by atoms with Crippen LogP contribution in [0.15, 0.2) is 22.8 Å². The van der Waals surface area contributed by atoms with E-state index in [9.17, 15) is 14.4 Å². The van der Waals surface area contributed by atoms with Crippen molar-refractivity contribution in [1.82, 2.24) is 4.90 Å². The van der Waals surface area contributed by atoms with Crippen molar-refractivity contribution in [2.45, 2.75) is 25.3 Å². The van der Waals surface area contributed by atoms with Crippen molar-refractivity contribution in [2.24, 2.45) is 5.92 Å². The van der Waals surface area contributed by atoms with Crippen LogP contribution in [0.3, 0.4) is 0 Å². The second kappa shape index (κ2) is 7.98. The lowest BCUT2D eigenvalue weighted by Crippen LogP contribution is -2.43. The number of hydrogen-bond acceptors (Lipinski definition) is 8. The third kappa shape index (κ3) is 4.09. The number of esters is 1. The lowest BCUT2D eigenvalue weighted by atomic mass is 10.0. The maximum absolute atomic E-state index is 12.3. The van der Waals surface area contributed by atoms with E-state index < -0.39 is 35.7 Å². The van der Waals surface area contributed by atoms with Gasteiger partial charge in [0.25, 0.3) is 0 Å². The van der Waals surface area contributed by atoms with E-state index in [2.05, 4.69) is 0 Å². The van der Waals surface area contributed by atoms with E-state index in [1.165, 1.54) is 36.8 Å². The Morgan fingerprint density at radius 2 is 2.24 bits per heavy atom. The lowest BCUT2D eigenvalue weighted by Gasteiger charge is -2.25. The van der Waals surface area contributed by atoms with E-state index >= 15 is 0 Å². The van der Waals surface area contributed by atoms with Crippen LogP contribution < -0.4 is 0 Å². The topological polar surface area (TPSA) is 124 Å². The van der Waals surface area contributed by atoms with Crippen molar-refractivity contribution in [3.63, 3.8) is 0 Å². The Bertz CT molecular complexity index is 725. The van der Waals surface area contributed by atoms with Crippen molar-refractivity contribution in [1.29, 1.82) is 10.7 Å². The monoisotopic (exact) mass is 363 g/mol. The van der Waals surface area contributed by atoms with Crippen molar-refractivity contribution < 1.29 is 23.5 Å². The molecule has 9 heteroatoms. The zero-order valence-corrected chi connectivity index (χ0v) is 14.5. The van der Waals surface area contributed by atoms with E-state index in [-0.39, 0.29) is 11.6 Å². The fourth-order valence-electron chi connectivity index (χ4n) is 2.46. The molecule has 0 aromatic carbocycles. The van der Waals surface area contributed by atoms with Crippen LogP contribution in [-0.2, 0) is 19.1 Å². The molecular weight excluding hydrogens is 346 g/mol. The molecule has 1 aromatic heterocycles. The standard InChI is InChI=1S/C16H17N3O5S/c1-9(18)11(6-17)13(21)7-24-16(22)12-8-25-15(19(12)10(2)20)14-4-3-5-23-14/h3-5,11-12,15,18H,7-8H2,1-2H3/t11?,12-,15+/m0/s1. The summed E-state index contributed by atoms with van der Waals surface area (Å²) in [7, 11) is 0. The highest BCUT2D eigenvalue weighted by atomic mass is 32.2. The van der Waals surface area contributed by atoms with Crippen LogP contribution in [0.2, 0.25) is 0 Å². The Balaban J connectivity index is 2.04. The molecule has 8 nitrogen and oxygen atoms in total. The molecule has 1 fully saturated rings. The van der Waals surface area contributed by atoms with Gasteiger partial charge in [-0.05, 0) is 19.1 Å². The first kappa shape index (κ1) is 18.7. The van der Waals surface area contributed by atoms with Crippen LogP contribution in [-0.4, -0.2) is 46.7 Å². The number of nitriles is 1. The second-order valence-corrected chi connectivity index (χ2v) is 6.58. The first-order valence-electron chi connectivity index (χ1n) is 7.44. The van der Waals surface area contributed by atoms with Gasteiger partial charge in [0.1, 0.15) is 23.1 Å². The van der Waals surface area contributed by atoms with Gasteiger partial charge >= 0.3 is 5.97 Å². The minimum Gasteiger partial charge on any atom is -0.466 e. The van der Waals surface area contributed by atoms with Gasteiger partial charge in [-0.2, -0.15) is 5.26 Å². The van der Waals surface area contributed by atoms with Gasteiger partial charge in [0.15, 0.2) is 12.4 Å². The summed E-state index contributed by atoms with van der Waals surface area (Å²) in [5.41, 5.74) is -0.108. The summed E-state index contributed by atoms with van der Waals surface area (Å²) in [6.45, 7) is 2.08. The summed E-state index contributed by atoms with van der Waals surface area (Å²) in [5, 5.41) is 15.8. The van der Waals surface area contributed by atoms with E-state index in [0.717, 1.165) is 0 Å². The Kier molecular flexibility index (Phi) is 5.98. The molecule has 3 atom stereocenters. The van der Waals surface area contributed by atoms with E-state index in [4.69, 9.17) is 19.8 Å². The molecule has 1 N–H and O–H groups in total. The average molecular weight is 363 g/mol. The number of ether oxygens (including phenoxy) is 1. The molecule has 1 amide bonds. The minimum atomic E-state index is -1.23. The number of carbonyl (C=O) groups is 3. The molecule has 25 heavy (non-hydrogen) atoms. The van der Waals surface area contributed by atoms with Crippen LogP contribution >= 0.6 is 11.8 Å². The number of ketones is 1. The van der Waals surface area contributed by atoms with Gasteiger partial charge < -0.3 is 19.5 Å². The molecule has 1 aromatic rings. The number of rotatable bonds is 6. The zero-order chi connectivity index (χ0) is 18.6. The van der Waals surface area contributed by atoms with Gasteiger partial charge in [-0.25, -0.2) is 4.79 Å². The van der Waals surface area contributed by atoms with Crippen molar-refractivity contribution >= 4 is 35.1 Å². The Morgan fingerprint density at radius 3 is 2.76 bits per heavy atom. The highest BCUT2D eigenvalue weighted by Gasteiger charge is 2.43. The van der Waals surface area contributed by atoms with Gasteiger partial charge in [0, 0.05) is 18.4 Å². The number of amides is 1.